The van der Waals surface area contributed by atoms with Gasteiger partial charge in [0.25, 0.3) is 5.91 Å². The third kappa shape index (κ3) is 3.80. The average molecular weight is 314 g/mol. The Labute approximate surface area is 134 Å². The minimum atomic E-state index is -0.154. The van der Waals surface area contributed by atoms with Crippen LogP contribution in [0.3, 0.4) is 0 Å². The molecule has 1 aliphatic rings. The number of benzene rings is 1. The maximum atomic E-state index is 12.3. The molecule has 22 heavy (non-hydrogen) atoms. The van der Waals surface area contributed by atoms with E-state index >= 15 is 0 Å². The number of pyridine rings is 1. The number of amides is 1. The fraction of sp³-hybridized carbons (Fsp3) is 0.294. The van der Waals surface area contributed by atoms with Gasteiger partial charge in [0.1, 0.15) is 6.10 Å². The topological polar surface area (TPSA) is 51.2 Å². The molecule has 1 aromatic heterocycles. The van der Waals surface area contributed by atoms with Gasteiger partial charge in [-0.1, -0.05) is 12.1 Å². The van der Waals surface area contributed by atoms with Crippen molar-refractivity contribution >= 4 is 23.4 Å². The van der Waals surface area contributed by atoms with E-state index in [0.29, 0.717) is 11.4 Å². The lowest BCUT2D eigenvalue weighted by Crippen LogP contribution is -2.17. The van der Waals surface area contributed by atoms with Crippen LogP contribution in [0.15, 0.2) is 42.6 Å². The van der Waals surface area contributed by atoms with Gasteiger partial charge >= 0.3 is 0 Å². The van der Waals surface area contributed by atoms with Crippen LogP contribution in [0, 0.1) is 6.92 Å². The van der Waals surface area contributed by atoms with E-state index in [4.69, 9.17) is 4.74 Å². The predicted octanol–water partition coefficient (Wildman–Crippen LogP) is 3.53. The zero-order chi connectivity index (χ0) is 15.4. The summed E-state index contributed by atoms with van der Waals surface area (Å²) in [6, 6.07) is 11.1. The molecule has 0 radical (unpaired) electrons. The van der Waals surface area contributed by atoms with Crippen molar-refractivity contribution < 1.29 is 9.53 Å². The molecular weight excluding hydrogens is 296 g/mol. The van der Waals surface area contributed by atoms with Gasteiger partial charge < -0.3 is 10.1 Å². The second-order valence-electron chi connectivity index (χ2n) is 5.31. The summed E-state index contributed by atoms with van der Waals surface area (Å²) in [4.78, 5) is 16.5. The highest BCUT2D eigenvalue weighted by molar-refractivity contribution is 7.99. The molecule has 1 amide bonds. The van der Waals surface area contributed by atoms with Crippen molar-refractivity contribution in [1.82, 2.24) is 4.98 Å². The first kappa shape index (κ1) is 14.9. The molecule has 0 aliphatic carbocycles. The molecule has 3 rings (SSSR count). The van der Waals surface area contributed by atoms with E-state index in [1.54, 1.807) is 18.3 Å². The molecule has 1 atom stereocenters. The highest BCUT2D eigenvalue weighted by atomic mass is 32.2. The van der Waals surface area contributed by atoms with E-state index in [9.17, 15) is 4.79 Å². The standard InChI is InChI=1S/C17H18N2O2S/c1-12-3-2-4-14(9-12)19-17(20)13-5-7-18-16(10-13)21-15-6-8-22-11-15/h2-5,7,9-10,15H,6,8,11H2,1H3,(H,19,20). The molecule has 114 valence electrons. The molecule has 0 spiro atoms. The highest BCUT2D eigenvalue weighted by Crippen LogP contribution is 2.22. The van der Waals surface area contributed by atoms with Crippen LogP contribution in [0.1, 0.15) is 22.3 Å². The second kappa shape index (κ2) is 6.83. The molecular formula is C17H18N2O2S. The third-order valence-electron chi connectivity index (χ3n) is 3.45. The number of nitrogens with zero attached hydrogens (tertiary/aromatic N) is 1. The lowest BCUT2D eigenvalue weighted by atomic mass is 10.2. The SMILES string of the molecule is Cc1cccc(NC(=O)c2ccnc(OC3CCSC3)c2)c1. The summed E-state index contributed by atoms with van der Waals surface area (Å²) in [5.41, 5.74) is 2.45. The molecule has 1 unspecified atom stereocenters. The van der Waals surface area contributed by atoms with Crippen molar-refractivity contribution in [2.45, 2.75) is 19.4 Å². The summed E-state index contributed by atoms with van der Waals surface area (Å²) in [5, 5.41) is 2.89. The summed E-state index contributed by atoms with van der Waals surface area (Å²) in [5.74, 6) is 2.47. The monoisotopic (exact) mass is 314 g/mol. The van der Waals surface area contributed by atoms with E-state index < -0.39 is 0 Å². The van der Waals surface area contributed by atoms with Gasteiger partial charge in [-0.3, -0.25) is 4.79 Å². The number of rotatable bonds is 4. The van der Waals surface area contributed by atoms with Crippen LogP contribution in [-0.2, 0) is 0 Å². The Morgan fingerprint density at radius 2 is 2.27 bits per heavy atom. The van der Waals surface area contributed by atoms with Gasteiger partial charge in [-0.2, -0.15) is 11.8 Å². The lowest BCUT2D eigenvalue weighted by molar-refractivity contribution is 0.102. The normalized spacial score (nSPS) is 17.2. The first-order chi connectivity index (χ1) is 10.7. The van der Waals surface area contributed by atoms with E-state index in [-0.39, 0.29) is 12.0 Å². The molecule has 2 heterocycles. The van der Waals surface area contributed by atoms with Crippen molar-refractivity contribution in [3.05, 3.63) is 53.7 Å². The van der Waals surface area contributed by atoms with Gasteiger partial charge in [-0.15, -0.1) is 0 Å². The van der Waals surface area contributed by atoms with Crippen LogP contribution in [0.2, 0.25) is 0 Å². The van der Waals surface area contributed by atoms with E-state index in [1.165, 1.54) is 0 Å². The van der Waals surface area contributed by atoms with Gasteiger partial charge in [-0.25, -0.2) is 4.98 Å². The molecule has 4 nitrogen and oxygen atoms in total. The number of hydrogen-bond donors (Lipinski definition) is 1. The summed E-state index contributed by atoms with van der Waals surface area (Å²) in [7, 11) is 0. The fourth-order valence-corrected chi connectivity index (χ4v) is 3.41. The number of carbonyl (C=O) groups is 1. The van der Waals surface area contributed by atoms with Crippen molar-refractivity contribution in [2.75, 3.05) is 16.8 Å². The quantitative estimate of drug-likeness (QED) is 0.938. The maximum absolute atomic E-state index is 12.3. The molecule has 0 saturated carbocycles. The Morgan fingerprint density at radius 1 is 1.36 bits per heavy atom. The first-order valence-corrected chi connectivity index (χ1v) is 8.45. The van der Waals surface area contributed by atoms with Crippen molar-refractivity contribution in [2.24, 2.45) is 0 Å². The number of carbonyl (C=O) groups excluding carboxylic acids is 1. The summed E-state index contributed by atoms with van der Waals surface area (Å²) in [6.45, 7) is 1.99. The molecule has 1 aromatic carbocycles. The van der Waals surface area contributed by atoms with Gasteiger partial charge in [-0.05, 0) is 42.9 Å². The molecule has 1 aliphatic heterocycles. The van der Waals surface area contributed by atoms with E-state index in [2.05, 4.69) is 10.3 Å². The minimum absolute atomic E-state index is 0.154. The smallest absolute Gasteiger partial charge is 0.255 e. The molecule has 1 fully saturated rings. The van der Waals surface area contributed by atoms with E-state index in [0.717, 1.165) is 29.2 Å². The third-order valence-corrected chi connectivity index (χ3v) is 4.58. The summed E-state index contributed by atoms with van der Waals surface area (Å²) < 4.78 is 5.82. The molecule has 1 saturated heterocycles. The van der Waals surface area contributed by atoms with Crippen molar-refractivity contribution in [3.63, 3.8) is 0 Å². The minimum Gasteiger partial charge on any atom is -0.473 e. The number of aromatic nitrogens is 1. The summed E-state index contributed by atoms with van der Waals surface area (Å²) >= 11 is 1.88. The van der Waals surface area contributed by atoms with Crippen LogP contribution in [0.4, 0.5) is 5.69 Å². The van der Waals surface area contributed by atoms with Gasteiger partial charge in [0.15, 0.2) is 0 Å². The van der Waals surface area contributed by atoms with Crippen LogP contribution in [0.5, 0.6) is 5.88 Å². The number of ether oxygens (including phenoxy) is 1. The Balaban J connectivity index is 1.69. The van der Waals surface area contributed by atoms with E-state index in [1.807, 2.05) is 43.0 Å². The number of aryl methyl sites for hydroxylation is 1. The van der Waals surface area contributed by atoms with Gasteiger partial charge in [0.05, 0.1) is 0 Å². The fourth-order valence-electron chi connectivity index (χ4n) is 2.32. The number of hydrogen-bond acceptors (Lipinski definition) is 4. The molecule has 2 aromatic rings. The number of thioether (sulfide) groups is 1. The maximum Gasteiger partial charge on any atom is 0.255 e. The van der Waals surface area contributed by atoms with Crippen LogP contribution < -0.4 is 10.1 Å². The second-order valence-corrected chi connectivity index (χ2v) is 6.46. The Kier molecular flexibility index (Phi) is 4.63. The Bertz CT molecular complexity index is 669. The van der Waals surface area contributed by atoms with Gasteiger partial charge in [0.2, 0.25) is 5.88 Å². The summed E-state index contributed by atoms with van der Waals surface area (Å²) in [6.07, 6.45) is 2.85. The largest absolute Gasteiger partial charge is 0.473 e. The van der Waals surface area contributed by atoms with Gasteiger partial charge in [0, 0.05) is 29.3 Å². The predicted molar refractivity (Wildman–Crippen MR) is 89.7 cm³/mol. The molecule has 0 bridgehead atoms. The Hall–Kier alpha value is -2.01. The van der Waals surface area contributed by atoms with Crippen LogP contribution >= 0.6 is 11.8 Å². The highest BCUT2D eigenvalue weighted by Gasteiger charge is 2.18. The molecule has 5 heteroatoms. The number of nitrogens with one attached hydrogen (secondary N) is 1. The molecule has 1 N–H and O–H groups in total. The zero-order valence-electron chi connectivity index (χ0n) is 12.4. The number of anilines is 1. The van der Waals surface area contributed by atoms with Crippen molar-refractivity contribution in [3.8, 4) is 5.88 Å². The lowest BCUT2D eigenvalue weighted by Gasteiger charge is -2.12. The first-order valence-electron chi connectivity index (χ1n) is 7.29. The average Bonchev–Trinajstić information content (AvgIpc) is 3.00. The van der Waals surface area contributed by atoms with Crippen LogP contribution in [-0.4, -0.2) is 28.5 Å². The Morgan fingerprint density at radius 3 is 3.05 bits per heavy atom. The zero-order valence-corrected chi connectivity index (χ0v) is 13.2. The van der Waals surface area contributed by atoms with Crippen molar-refractivity contribution in [1.29, 1.82) is 0 Å². The van der Waals surface area contributed by atoms with Crippen LogP contribution in [0.25, 0.3) is 0 Å².